The molecule has 1 heterocycles. The van der Waals surface area contributed by atoms with Gasteiger partial charge in [0, 0.05) is 0 Å². The number of aliphatic hydroxyl groups is 2. The highest BCUT2D eigenvalue weighted by Gasteiger charge is 2.35. The molecule has 0 unspecified atom stereocenters. The quantitative estimate of drug-likeness (QED) is 0.410. The second-order valence-corrected chi connectivity index (χ2v) is 3.96. The number of phosphoric acid groups is 1. The summed E-state index contributed by atoms with van der Waals surface area (Å²) in [5, 5.41) is 18.1. The Morgan fingerprint density at radius 3 is 2.46 bits per heavy atom. The summed E-state index contributed by atoms with van der Waals surface area (Å²) in [6, 6.07) is 0. The van der Waals surface area contributed by atoms with Crippen molar-refractivity contribution in [3.8, 4) is 0 Å². The van der Waals surface area contributed by atoms with Crippen LogP contribution in [0.4, 0.5) is 0 Å². The molecule has 0 radical (unpaired) electrons. The van der Waals surface area contributed by atoms with Gasteiger partial charge in [-0.3, -0.25) is 4.52 Å². The molecule has 1 fully saturated rings. The zero-order valence-electron chi connectivity index (χ0n) is 6.61. The molecule has 78 valence electrons. The Balaban J connectivity index is 2.35. The largest absolute Gasteiger partial charge is 0.469 e. The van der Waals surface area contributed by atoms with Crippen LogP contribution in [0.3, 0.4) is 0 Å². The average Bonchev–Trinajstić information content (AvgIpc) is 2.29. The lowest BCUT2D eigenvalue weighted by Crippen LogP contribution is -2.32. The minimum atomic E-state index is -4.54. The molecular formula is C5H11O7P. The lowest BCUT2D eigenvalue weighted by molar-refractivity contribution is -0.00596. The highest BCUT2D eigenvalue weighted by atomic mass is 31.2. The third kappa shape index (κ3) is 3.32. The molecule has 8 heteroatoms. The van der Waals surface area contributed by atoms with Gasteiger partial charge in [0.25, 0.3) is 0 Å². The number of hydrogen-bond acceptors (Lipinski definition) is 5. The van der Waals surface area contributed by atoms with Crippen LogP contribution in [0.5, 0.6) is 0 Å². The summed E-state index contributed by atoms with van der Waals surface area (Å²) in [4.78, 5) is 16.6. The van der Waals surface area contributed by atoms with E-state index in [9.17, 15) is 4.57 Å². The van der Waals surface area contributed by atoms with Crippen LogP contribution >= 0.6 is 7.82 Å². The topological polar surface area (TPSA) is 116 Å². The highest BCUT2D eigenvalue weighted by molar-refractivity contribution is 7.46. The first-order valence-electron chi connectivity index (χ1n) is 3.58. The maximum atomic E-state index is 10.2. The van der Waals surface area contributed by atoms with Gasteiger partial charge in [-0.2, -0.15) is 0 Å². The van der Waals surface area contributed by atoms with E-state index in [1.54, 1.807) is 0 Å². The molecule has 0 spiro atoms. The van der Waals surface area contributed by atoms with Crippen LogP contribution in [0, 0.1) is 0 Å². The number of rotatable bonds is 3. The van der Waals surface area contributed by atoms with Crippen LogP contribution < -0.4 is 0 Å². The van der Waals surface area contributed by atoms with E-state index < -0.39 is 32.7 Å². The van der Waals surface area contributed by atoms with Crippen LogP contribution in [0.15, 0.2) is 0 Å². The molecule has 0 bridgehead atoms. The molecule has 0 amide bonds. The smallest absolute Gasteiger partial charge is 0.388 e. The van der Waals surface area contributed by atoms with E-state index in [2.05, 4.69) is 4.52 Å². The van der Waals surface area contributed by atoms with E-state index in [-0.39, 0.29) is 6.61 Å². The van der Waals surface area contributed by atoms with E-state index in [1.807, 2.05) is 0 Å². The molecular weight excluding hydrogens is 203 g/mol. The van der Waals surface area contributed by atoms with Crippen molar-refractivity contribution in [1.82, 2.24) is 0 Å². The average molecular weight is 214 g/mol. The molecule has 1 rings (SSSR count). The predicted octanol–water partition coefficient (Wildman–Crippen LogP) is -1.78. The fourth-order valence-corrected chi connectivity index (χ4v) is 1.33. The zero-order valence-corrected chi connectivity index (χ0v) is 7.50. The summed E-state index contributed by atoms with van der Waals surface area (Å²) in [5.41, 5.74) is 0. The van der Waals surface area contributed by atoms with E-state index in [1.165, 1.54) is 0 Å². The first kappa shape index (κ1) is 11.1. The van der Waals surface area contributed by atoms with Crippen molar-refractivity contribution in [2.45, 2.75) is 18.3 Å². The number of ether oxygens (including phenoxy) is 1. The molecule has 1 aliphatic heterocycles. The number of aliphatic hydroxyl groups excluding tert-OH is 2. The molecule has 0 aliphatic carbocycles. The van der Waals surface area contributed by atoms with Gasteiger partial charge in [0.05, 0.1) is 13.2 Å². The standard InChI is InChI=1S/C5H11O7P/c6-3-1-11-4(5(3)7)2-12-13(8,9)10/h3-7H,1-2H2,(H2,8,9,10)/t3-,4+,5-/m0/s1. The molecule has 7 nitrogen and oxygen atoms in total. The Bertz CT molecular complexity index is 213. The molecule has 13 heavy (non-hydrogen) atoms. The van der Waals surface area contributed by atoms with Crippen LogP contribution in [0.2, 0.25) is 0 Å². The van der Waals surface area contributed by atoms with Gasteiger partial charge >= 0.3 is 7.82 Å². The minimum absolute atomic E-state index is 0.0592. The molecule has 3 atom stereocenters. The summed E-state index contributed by atoms with van der Waals surface area (Å²) >= 11 is 0. The molecule has 0 aromatic carbocycles. The minimum Gasteiger partial charge on any atom is -0.388 e. The summed E-state index contributed by atoms with van der Waals surface area (Å²) < 4.78 is 19.2. The fraction of sp³-hybridized carbons (Fsp3) is 1.00. The summed E-state index contributed by atoms with van der Waals surface area (Å²) in [7, 11) is -4.54. The summed E-state index contributed by atoms with van der Waals surface area (Å²) in [6.07, 6.45) is -3.07. The Hall–Kier alpha value is -0.0100. The van der Waals surface area contributed by atoms with Crippen molar-refractivity contribution in [2.75, 3.05) is 13.2 Å². The molecule has 0 aromatic heterocycles. The van der Waals surface area contributed by atoms with Gasteiger partial charge in [-0.05, 0) is 0 Å². The van der Waals surface area contributed by atoms with Crippen LogP contribution in [-0.2, 0) is 13.8 Å². The van der Waals surface area contributed by atoms with Gasteiger partial charge in [0.1, 0.15) is 18.3 Å². The summed E-state index contributed by atoms with van der Waals surface area (Å²) in [6.45, 7) is -0.501. The van der Waals surface area contributed by atoms with Gasteiger partial charge in [-0.15, -0.1) is 0 Å². The van der Waals surface area contributed by atoms with E-state index in [0.29, 0.717) is 0 Å². The molecule has 0 aromatic rings. The maximum absolute atomic E-state index is 10.2. The van der Waals surface area contributed by atoms with Crippen molar-refractivity contribution in [3.63, 3.8) is 0 Å². The Kier molecular flexibility index (Phi) is 3.42. The van der Waals surface area contributed by atoms with Gasteiger partial charge in [0.2, 0.25) is 0 Å². The molecule has 1 aliphatic rings. The summed E-state index contributed by atoms with van der Waals surface area (Å²) in [5.74, 6) is 0. The number of phosphoric ester groups is 1. The van der Waals surface area contributed by atoms with Crippen molar-refractivity contribution in [2.24, 2.45) is 0 Å². The monoisotopic (exact) mass is 214 g/mol. The number of hydrogen-bond donors (Lipinski definition) is 4. The SMILES string of the molecule is O=P(O)(O)OC[C@H]1OC[C@H](O)[C@@H]1O. The molecule has 4 N–H and O–H groups in total. The van der Waals surface area contributed by atoms with Gasteiger partial charge in [0.15, 0.2) is 0 Å². The van der Waals surface area contributed by atoms with Crippen molar-refractivity contribution in [3.05, 3.63) is 0 Å². The van der Waals surface area contributed by atoms with Crippen molar-refractivity contribution < 1.29 is 33.8 Å². The second-order valence-electron chi connectivity index (χ2n) is 2.72. The molecule has 1 saturated heterocycles. The van der Waals surface area contributed by atoms with E-state index >= 15 is 0 Å². The van der Waals surface area contributed by atoms with Gasteiger partial charge in [-0.1, -0.05) is 0 Å². The van der Waals surface area contributed by atoms with Gasteiger partial charge < -0.3 is 24.7 Å². The van der Waals surface area contributed by atoms with Crippen LogP contribution in [-0.4, -0.2) is 51.5 Å². The van der Waals surface area contributed by atoms with Crippen molar-refractivity contribution in [1.29, 1.82) is 0 Å². The second kappa shape index (κ2) is 4.02. The Morgan fingerprint density at radius 2 is 2.08 bits per heavy atom. The molecule has 0 saturated carbocycles. The third-order valence-electron chi connectivity index (χ3n) is 1.66. The predicted molar refractivity (Wildman–Crippen MR) is 39.7 cm³/mol. The van der Waals surface area contributed by atoms with Crippen molar-refractivity contribution >= 4 is 7.82 Å². The van der Waals surface area contributed by atoms with Crippen LogP contribution in [0.25, 0.3) is 0 Å². The first-order chi connectivity index (χ1) is 5.90. The Labute approximate surface area is 74.1 Å². The van der Waals surface area contributed by atoms with Gasteiger partial charge in [-0.25, -0.2) is 4.57 Å². The van der Waals surface area contributed by atoms with E-state index in [4.69, 9.17) is 24.7 Å². The van der Waals surface area contributed by atoms with Crippen LogP contribution in [0.1, 0.15) is 0 Å². The lowest BCUT2D eigenvalue weighted by Gasteiger charge is -2.14. The highest BCUT2D eigenvalue weighted by Crippen LogP contribution is 2.36. The maximum Gasteiger partial charge on any atom is 0.469 e. The zero-order chi connectivity index (χ0) is 10.1. The van der Waals surface area contributed by atoms with E-state index in [0.717, 1.165) is 0 Å². The fourth-order valence-electron chi connectivity index (χ4n) is 0.984. The first-order valence-corrected chi connectivity index (χ1v) is 5.11. The Morgan fingerprint density at radius 1 is 1.46 bits per heavy atom. The third-order valence-corrected chi connectivity index (χ3v) is 2.15. The lowest BCUT2D eigenvalue weighted by atomic mass is 10.2. The normalized spacial score (nSPS) is 35.2.